The van der Waals surface area contributed by atoms with Crippen LogP contribution in [0.15, 0.2) is 0 Å². The molecule has 1 unspecified atom stereocenters. The number of hydrogen-bond donors (Lipinski definition) is 0. The molecule has 1 aliphatic heterocycles. The Morgan fingerprint density at radius 1 is 1.80 bits per heavy atom. The number of cyclic esters (lactones) is 1. The molecule has 1 aliphatic rings. The van der Waals surface area contributed by atoms with E-state index in [0.29, 0.717) is 12.8 Å². The van der Waals surface area contributed by atoms with E-state index in [1.807, 2.05) is 0 Å². The molecule has 56 valence electrons. The first-order valence-electron chi connectivity index (χ1n) is 3.39. The first-order valence-corrected chi connectivity index (χ1v) is 3.39. The summed E-state index contributed by atoms with van der Waals surface area (Å²) in [6.45, 7) is 1.76. The van der Waals surface area contributed by atoms with Crippen LogP contribution in [0, 0.1) is 5.92 Å². The highest BCUT2D eigenvalue weighted by Gasteiger charge is 2.27. The lowest BCUT2D eigenvalue weighted by molar-refractivity contribution is -0.143. The van der Waals surface area contributed by atoms with Crippen molar-refractivity contribution in [3.05, 3.63) is 0 Å². The molecule has 0 amide bonds. The number of carbonyl (C=O) groups is 2. The fourth-order valence-corrected chi connectivity index (χ4v) is 1.00. The number of esters is 1. The second-order valence-electron chi connectivity index (χ2n) is 2.56. The molecule has 3 nitrogen and oxygen atoms in total. The van der Waals surface area contributed by atoms with Gasteiger partial charge in [-0.05, 0) is 6.42 Å². The van der Waals surface area contributed by atoms with E-state index in [9.17, 15) is 9.59 Å². The molecule has 0 bridgehead atoms. The Balaban J connectivity index is 2.43. The van der Waals surface area contributed by atoms with Gasteiger partial charge >= 0.3 is 5.97 Å². The molecular weight excluding hydrogens is 132 g/mol. The first kappa shape index (κ1) is 7.25. The molecule has 1 saturated heterocycles. The van der Waals surface area contributed by atoms with Crippen LogP contribution >= 0.6 is 0 Å². The SMILES string of the molecule is CC(C=O)[C@H]1CCC(=O)O1. The van der Waals surface area contributed by atoms with Gasteiger partial charge in [0.25, 0.3) is 0 Å². The van der Waals surface area contributed by atoms with Crippen LogP contribution in [-0.2, 0) is 14.3 Å². The Kier molecular flexibility index (Phi) is 2.04. The second kappa shape index (κ2) is 2.82. The highest BCUT2D eigenvalue weighted by atomic mass is 16.5. The largest absolute Gasteiger partial charge is 0.462 e. The van der Waals surface area contributed by atoms with Crippen LogP contribution in [0.2, 0.25) is 0 Å². The third kappa shape index (κ3) is 1.35. The van der Waals surface area contributed by atoms with Gasteiger partial charge in [-0.1, -0.05) is 6.92 Å². The second-order valence-corrected chi connectivity index (χ2v) is 2.56. The van der Waals surface area contributed by atoms with Gasteiger partial charge < -0.3 is 9.53 Å². The van der Waals surface area contributed by atoms with Gasteiger partial charge in [0, 0.05) is 12.3 Å². The van der Waals surface area contributed by atoms with Crippen LogP contribution in [0.1, 0.15) is 19.8 Å². The van der Waals surface area contributed by atoms with Gasteiger partial charge in [0.15, 0.2) is 0 Å². The van der Waals surface area contributed by atoms with Gasteiger partial charge in [-0.2, -0.15) is 0 Å². The van der Waals surface area contributed by atoms with E-state index in [-0.39, 0.29) is 18.0 Å². The maximum atomic E-state index is 10.5. The molecule has 3 heteroatoms. The maximum Gasteiger partial charge on any atom is 0.306 e. The van der Waals surface area contributed by atoms with Gasteiger partial charge in [0.1, 0.15) is 12.4 Å². The van der Waals surface area contributed by atoms with Crippen molar-refractivity contribution in [3.8, 4) is 0 Å². The highest BCUT2D eigenvalue weighted by molar-refractivity contribution is 5.72. The van der Waals surface area contributed by atoms with Gasteiger partial charge in [-0.3, -0.25) is 4.79 Å². The zero-order valence-electron chi connectivity index (χ0n) is 5.87. The lowest BCUT2D eigenvalue weighted by atomic mass is 10.0. The molecule has 0 spiro atoms. The molecular formula is C7H10O3. The van der Waals surface area contributed by atoms with E-state index < -0.39 is 0 Å². The Labute approximate surface area is 59.4 Å². The number of hydrogen-bond acceptors (Lipinski definition) is 3. The average molecular weight is 142 g/mol. The molecule has 1 rings (SSSR count). The van der Waals surface area contributed by atoms with Crippen molar-refractivity contribution in [2.45, 2.75) is 25.9 Å². The van der Waals surface area contributed by atoms with E-state index in [2.05, 4.69) is 0 Å². The molecule has 1 fully saturated rings. The van der Waals surface area contributed by atoms with Crippen molar-refractivity contribution in [2.24, 2.45) is 5.92 Å². The molecule has 10 heavy (non-hydrogen) atoms. The fourth-order valence-electron chi connectivity index (χ4n) is 1.00. The lowest BCUT2D eigenvalue weighted by Gasteiger charge is -2.10. The minimum Gasteiger partial charge on any atom is -0.462 e. The standard InChI is InChI=1S/C7H10O3/c1-5(4-8)6-2-3-7(9)10-6/h4-6H,2-3H2,1H3/t5?,6-/m1/s1. The third-order valence-electron chi connectivity index (χ3n) is 1.72. The summed E-state index contributed by atoms with van der Waals surface area (Å²) in [6.07, 6.45) is 1.81. The first-order chi connectivity index (χ1) is 4.74. The van der Waals surface area contributed by atoms with E-state index in [1.54, 1.807) is 6.92 Å². The van der Waals surface area contributed by atoms with E-state index in [1.165, 1.54) is 0 Å². The molecule has 0 aromatic carbocycles. The van der Waals surface area contributed by atoms with E-state index in [0.717, 1.165) is 6.29 Å². The lowest BCUT2D eigenvalue weighted by Crippen LogP contribution is -2.18. The molecule has 1 heterocycles. The zero-order valence-corrected chi connectivity index (χ0v) is 5.87. The topological polar surface area (TPSA) is 43.4 Å². The number of aldehydes is 1. The van der Waals surface area contributed by atoms with E-state index in [4.69, 9.17) is 4.74 Å². The van der Waals surface area contributed by atoms with Crippen molar-refractivity contribution < 1.29 is 14.3 Å². The number of carbonyl (C=O) groups excluding carboxylic acids is 2. The molecule has 0 aromatic rings. The summed E-state index contributed by atoms with van der Waals surface area (Å²) in [5, 5.41) is 0. The monoisotopic (exact) mass is 142 g/mol. The molecule has 0 aromatic heterocycles. The van der Waals surface area contributed by atoms with E-state index >= 15 is 0 Å². The molecule has 0 saturated carbocycles. The summed E-state index contributed by atoms with van der Waals surface area (Å²) in [5.74, 6) is -0.329. The van der Waals surface area contributed by atoms with Gasteiger partial charge in [-0.25, -0.2) is 0 Å². The molecule has 0 radical (unpaired) electrons. The van der Waals surface area contributed by atoms with Crippen molar-refractivity contribution in [1.82, 2.24) is 0 Å². The summed E-state index contributed by atoms with van der Waals surface area (Å²) in [7, 11) is 0. The van der Waals surface area contributed by atoms with Crippen LogP contribution in [0.4, 0.5) is 0 Å². The van der Waals surface area contributed by atoms with Crippen LogP contribution in [-0.4, -0.2) is 18.4 Å². The maximum absolute atomic E-state index is 10.5. The molecule has 0 N–H and O–H groups in total. The quantitative estimate of drug-likeness (QED) is 0.417. The van der Waals surface area contributed by atoms with Crippen LogP contribution in [0.5, 0.6) is 0 Å². The summed E-state index contributed by atoms with van der Waals surface area (Å²) in [6, 6.07) is 0. The Morgan fingerprint density at radius 2 is 2.50 bits per heavy atom. The van der Waals surface area contributed by atoms with Crippen molar-refractivity contribution >= 4 is 12.3 Å². The smallest absolute Gasteiger partial charge is 0.306 e. The van der Waals surface area contributed by atoms with Crippen molar-refractivity contribution in [2.75, 3.05) is 0 Å². The summed E-state index contributed by atoms with van der Waals surface area (Å²) in [5.41, 5.74) is 0. The third-order valence-corrected chi connectivity index (χ3v) is 1.72. The Morgan fingerprint density at radius 3 is 2.90 bits per heavy atom. The minimum absolute atomic E-state index is 0.147. The average Bonchev–Trinajstić information content (AvgIpc) is 2.34. The summed E-state index contributed by atoms with van der Waals surface area (Å²) >= 11 is 0. The fraction of sp³-hybridized carbons (Fsp3) is 0.714. The zero-order chi connectivity index (χ0) is 7.56. The van der Waals surface area contributed by atoms with Crippen LogP contribution in [0.25, 0.3) is 0 Å². The number of ether oxygens (including phenoxy) is 1. The Hall–Kier alpha value is -0.860. The predicted octanol–water partition coefficient (Wildman–Crippen LogP) is 0.527. The number of rotatable bonds is 2. The van der Waals surface area contributed by atoms with Crippen LogP contribution in [0.3, 0.4) is 0 Å². The normalized spacial score (nSPS) is 27.7. The summed E-state index contributed by atoms with van der Waals surface area (Å²) in [4.78, 5) is 20.7. The molecule has 0 aliphatic carbocycles. The molecule has 2 atom stereocenters. The van der Waals surface area contributed by atoms with Crippen molar-refractivity contribution in [3.63, 3.8) is 0 Å². The van der Waals surface area contributed by atoms with Crippen molar-refractivity contribution in [1.29, 1.82) is 0 Å². The highest BCUT2D eigenvalue weighted by Crippen LogP contribution is 2.19. The predicted molar refractivity (Wildman–Crippen MR) is 34.3 cm³/mol. The van der Waals surface area contributed by atoms with Crippen LogP contribution < -0.4 is 0 Å². The minimum atomic E-state index is -0.182. The van der Waals surface area contributed by atoms with Gasteiger partial charge in [0.05, 0.1) is 0 Å². The Bertz CT molecular complexity index is 153. The summed E-state index contributed by atoms with van der Waals surface area (Å²) < 4.78 is 4.84. The van der Waals surface area contributed by atoms with Gasteiger partial charge in [-0.15, -0.1) is 0 Å². The van der Waals surface area contributed by atoms with Gasteiger partial charge in [0.2, 0.25) is 0 Å².